The van der Waals surface area contributed by atoms with Crippen molar-refractivity contribution in [2.24, 2.45) is 0 Å². The highest BCUT2D eigenvalue weighted by atomic mass is 32.2. The minimum absolute atomic E-state index is 0.00181. The second kappa shape index (κ2) is 7.91. The molecule has 0 aliphatic heterocycles. The van der Waals surface area contributed by atoms with E-state index in [1.807, 2.05) is 0 Å². The van der Waals surface area contributed by atoms with Crippen LogP contribution in [0.25, 0.3) is 0 Å². The molecule has 0 fully saturated rings. The first-order chi connectivity index (χ1) is 9.90. The number of carbonyl (C=O) groups excluding carboxylic acids is 1. The fourth-order valence-corrected chi connectivity index (χ4v) is 2.62. The molecule has 0 saturated carbocycles. The molecule has 1 heterocycles. The standard InChI is InChI=1S/C12H20N4O4S/c1-9(12(17)14-6-7-20-3)16-21(18,19)10-4-5-11(13-2)15-8-10/h4-5,8-9,16H,6-7H2,1-3H3,(H,13,15)(H,14,17). The number of hydrogen-bond donors (Lipinski definition) is 3. The predicted molar refractivity (Wildman–Crippen MR) is 78.5 cm³/mol. The lowest BCUT2D eigenvalue weighted by molar-refractivity contribution is -0.122. The van der Waals surface area contributed by atoms with E-state index in [4.69, 9.17) is 4.74 Å². The molecule has 1 rings (SSSR count). The number of nitrogens with zero attached hydrogens (tertiary/aromatic N) is 1. The summed E-state index contributed by atoms with van der Waals surface area (Å²) >= 11 is 0. The van der Waals surface area contributed by atoms with Crippen LogP contribution in [0.5, 0.6) is 0 Å². The molecule has 1 unspecified atom stereocenters. The summed E-state index contributed by atoms with van der Waals surface area (Å²) in [5.74, 6) is 0.134. The average Bonchev–Trinajstić information content (AvgIpc) is 2.47. The lowest BCUT2D eigenvalue weighted by Gasteiger charge is -2.14. The number of rotatable bonds is 8. The van der Waals surface area contributed by atoms with E-state index in [2.05, 4.69) is 20.3 Å². The van der Waals surface area contributed by atoms with Crippen LogP contribution in [-0.2, 0) is 19.6 Å². The van der Waals surface area contributed by atoms with Gasteiger partial charge >= 0.3 is 0 Å². The van der Waals surface area contributed by atoms with Crippen molar-refractivity contribution in [3.8, 4) is 0 Å². The Morgan fingerprint density at radius 2 is 2.14 bits per heavy atom. The van der Waals surface area contributed by atoms with Gasteiger partial charge in [-0.2, -0.15) is 4.72 Å². The number of methoxy groups -OCH3 is 1. The third kappa shape index (κ3) is 5.29. The van der Waals surface area contributed by atoms with Gasteiger partial charge in [0.1, 0.15) is 10.7 Å². The average molecular weight is 316 g/mol. The normalized spacial score (nSPS) is 12.7. The SMILES string of the molecule is CNc1ccc(S(=O)(=O)NC(C)C(=O)NCCOC)cn1. The molecular formula is C12H20N4O4S. The maximum atomic E-state index is 12.1. The lowest BCUT2D eigenvalue weighted by atomic mass is 10.3. The summed E-state index contributed by atoms with van der Waals surface area (Å²) in [7, 11) is -0.597. The first-order valence-corrected chi connectivity index (χ1v) is 7.82. The number of amides is 1. The Hall–Kier alpha value is -1.71. The van der Waals surface area contributed by atoms with Crippen LogP contribution in [0.1, 0.15) is 6.92 Å². The van der Waals surface area contributed by atoms with Crippen molar-refractivity contribution in [2.75, 3.05) is 32.6 Å². The number of hydrogen-bond acceptors (Lipinski definition) is 6. The molecule has 0 radical (unpaired) electrons. The second-order valence-corrected chi connectivity index (χ2v) is 5.97. The van der Waals surface area contributed by atoms with Crippen LogP contribution >= 0.6 is 0 Å². The molecule has 1 aromatic heterocycles. The Balaban J connectivity index is 2.68. The van der Waals surface area contributed by atoms with Crippen LogP contribution in [0, 0.1) is 0 Å². The van der Waals surface area contributed by atoms with E-state index < -0.39 is 22.0 Å². The van der Waals surface area contributed by atoms with Gasteiger partial charge in [-0.25, -0.2) is 13.4 Å². The van der Waals surface area contributed by atoms with E-state index in [1.165, 1.54) is 32.4 Å². The highest BCUT2D eigenvalue weighted by molar-refractivity contribution is 7.89. The largest absolute Gasteiger partial charge is 0.383 e. The number of carbonyl (C=O) groups is 1. The minimum atomic E-state index is -3.79. The first-order valence-electron chi connectivity index (χ1n) is 6.33. The zero-order valence-electron chi connectivity index (χ0n) is 12.2. The van der Waals surface area contributed by atoms with Gasteiger partial charge in [-0.05, 0) is 19.1 Å². The Morgan fingerprint density at radius 3 is 2.67 bits per heavy atom. The van der Waals surface area contributed by atoms with E-state index in [1.54, 1.807) is 7.05 Å². The van der Waals surface area contributed by atoms with Gasteiger partial charge in [0.25, 0.3) is 0 Å². The van der Waals surface area contributed by atoms with Gasteiger partial charge in [-0.15, -0.1) is 0 Å². The fraction of sp³-hybridized carbons (Fsp3) is 0.500. The number of ether oxygens (including phenoxy) is 1. The smallest absolute Gasteiger partial charge is 0.242 e. The van der Waals surface area contributed by atoms with E-state index in [-0.39, 0.29) is 4.90 Å². The molecule has 1 amide bonds. The van der Waals surface area contributed by atoms with Crippen LogP contribution in [0.2, 0.25) is 0 Å². The zero-order chi connectivity index (χ0) is 15.9. The summed E-state index contributed by atoms with van der Waals surface area (Å²) in [4.78, 5) is 15.6. The summed E-state index contributed by atoms with van der Waals surface area (Å²) in [5.41, 5.74) is 0. The highest BCUT2D eigenvalue weighted by Crippen LogP contribution is 2.10. The molecular weight excluding hydrogens is 296 g/mol. The van der Waals surface area contributed by atoms with Crippen molar-refractivity contribution >= 4 is 21.7 Å². The number of sulfonamides is 1. The molecule has 0 bridgehead atoms. The molecule has 8 nitrogen and oxygen atoms in total. The molecule has 0 saturated heterocycles. The van der Waals surface area contributed by atoms with E-state index in [9.17, 15) is 13.2 Å². The number of nitrogens with one attached hydrogen (secondary N) is 3. The van der Waals surface area contributed by atoms with Gasteiger partial charge in [0.05, 0.1) is 12.6 Å². The Morgan fingerprint density at radius 1 is 1.43 bits per heavy atom. The van der Waals surface area contributed by atoms with Gasteiger partial charge in [-0.1, -0.05) is 0 Å². The van der Waals surface area contributed by atoms with E-state index in [0.29, 0.717) is 19.0 Å². The Kier molecular flexibility index (Phi) is 6.53. The van der Waals surface area contributed by atoms with Crippen LogP contribution in [-0.4, -0.2) is 52.7 Å². The topological polar surface area (TPSA) is 109 Å². The van der Waals surface area contributed by atoms with Gasteiger partial charge in [-0.3, -0.25) is 4.79 Å². The van der Waals surface area contributed by atoms with Gasteiger partial charge in [0, 0.05) is 26.9 Å². The van der Waals surface area contributed by atoms with Gasteiger partial charge in [0.2, 0.25) is 15.9 Å². The lowest BCUT2D eigenvalue weighted by Crippen LogP contribution is -2.45. The summed E-state index contributed by atoms with van der Waals surface area (Å²) in [6.07, 6.45) is 1.23. The molecule has 0 aliphatic rings. The summed E-state index contributed by atoms with van der Waals surface area (Å²) in [5, 5.41) is 5.35. The van der Waals surface area contributed by atoms with Crippen molar-refractivity contribution in [1.29, 1.82) is 0 Å². The number of anilines is 1. The van der Waals surface area contributed by atoms with Gasteiger partial charge < -0.3 is 15.4 Å². The van der Waals surface area contributed by atoms with Crippen LogP contribution in [0.3, 0.4) is 0 Å². The van der Waals surface area contributed by atoms with Crippen molar-refractivity contribution in [3.63, 3.8) is 0 Å². The fourth-order valence-electron chi connectivity index (χ4n) is 1.47. The highest BCUT2D eigenvalue weighted by Gasteiger charge is 2.22. The molecule has 0 aliphatic carbocycles. The third-order valence-electron chi connectivity index (χ3n) is 2.63. The number of aromatic nitrogens is 1. The summed E-state index contributed by atoms with van der Waals surface area (Å²) < 4.78 is 31.3. The summed E-state index contributed by atoms with van der Waals surface area (Å²) in [6.45, 7) is 2.15. The van der Waals surface area contributed by atoms with Crippen molar-refractivity contribution < 1.29 is 17.9 Å². The Bertz CT molecular complexity index is 559. The van der Waals surface area contributed by atoms with Crippen molar-refractivity contribution in [2.45, 2.75) is 17.9 Å². The molecule has 3 N–H and O–H groups in total. The molecule has 21 heavy (non-hydrogen) atoms. The zero-order valence-corrected chi connectivity index (χ0v) is 13.0. The molecule has 1 aromatic rings. The van der Waals surface area contributed by atoms with Crippen LogP contribution < -0.4 is 15.4 Å². The van der Waals surface area contributed by atoms with Crippen LogP contribution in [0.4, 0.5) is 5.82 Å². The molecule has 0 aromatic carbocycles. The van der Waals surface area contributed by atoms with Crippen LogP contribution in [0.15, 0.2) is 23.2 Å². The minimum Gasteiger partial charge on any atom is -0.383 e. The first kappa shape index (κ1) is 17.3. The maximum Gasteiger partial charge on any atom is 0.242 e. The molecule has 0 spiro atoms. The monoisotopic (exact) mass is 316 g/mol. The van der Waals surface area contributed by atoms with E-state index in [0.717, 1.165) is 0 Å². The summed E-state index contributed by atoms with van der Waals surface area (Å²) in [6, 6.07) is 2.06. The Labute approximate surface area is 124 Å². The predicted octanol–water partition coefficient (Wildman–Crippen LogP) is -0.447. The molecule has 118 valence electrons. The quantitative estimate of drug-likeness (QED) is 0.561. The maximum absolute atomic E-state index is 12.1. The second-order valence-electron chi connectivity index (χ2n) is 4.26. The molecule has 9 heteroatoms. The van der Waals surface area contributed by atoms with Gasteiger partial charge in [0.15, 0.2) is 0 Å². The van der Waals surface area contributed by atoms with Crippen molar-refractivity contribution in [1.82, 2.24) is 15.0 Å². The third-order valence-corrected chi connectivity index (χ3v) is 4.16. The van der Waals surface area contributed by atoms with Crippen molar-refractivity contribution in [3.05, 3.63) is 18.3 Å². The molecule has 1 atom stereocenters. The van der Waals surface area contributed by atoms with E-state index >= 15 is 0 Å². The number of pyridine rings is 1.